The molecule has 0 aliphatic rings. The van der Waals surface area contributed by atoms with Gasteiger partial charge in [0.05, 0.1) is 6.54 Å². The minimum Gasteiger partial charge on any atom is -0.492 e. The molecule has 0 aliphatic carbocycles. The van der Waals surface area contributed by atoms with E-state index in [9.17, 15) is 4.79 Å². The summed E-state index contributed by atoms with van der Waals surface area (Å²) in [6.07, 6.45) is 0.113. The molecule has 0 radical (unpaired) electrons. The van der Waals surface area contributed by atoms with Gasteiger partial charge in [-0.3, -0.25) is 4.79 Å². The number of hydrogen-bond donors (Lipinski definition) is 1. The number of hydrogen-bond acceptors (Lipinski definition) is 3. The van der Waals surface area contributed by atoms with Crippen LogP contribution in [0.25, 0.3) is 0 Å². The fourth-order valence-electron chi connectivity index (χ4n) is 2.36. The molecule has 0 aromatic heterocycles. The molecule has 4 heteroatoms. The van der Waals surface area contributed by atoms with Crippen LogP contribution in [0.4, 0.5) is 0 Å². The molecule has 0 unspecified atom stereocenters. The summed E-state index contributed by atoms with van der Waals surface area (Å²) in [7, 11) is 0. The smallest absolute Gasteiger partial charge is 0.261 e. The molecule has 1 atom stereocenters. The first-order chi connectivity index (χ1) is 12.0. The third kappa shape index (κ3) is 5.82. The van der Waals surface area contributed by atoms with E-state index in [1.165, 1.54) is 11.1 Å². The number of aryl methyl sites for hydroxylation is 3. The van der Waals surface area contributed by atoms with E-state index >= 15 is 0 Å². The van der Waals surface area contributed by atoms with Crippen molar-refractivity contribution in [1.29, 1.82) is 0 Å². The second-order valence-corrected chi connectivity index (χ2v) is 6.21. The maximum Gasteiger partial charge on any atom is 0.261 e. The Hall–Kier alpha value is -2.49. The summed E-state index contributed by atoms with van der Waals surface area (Å²) in [6.45, 7) is 8.94. The predicted molar refractivity (Wildman–Crippen MR) is 100 cm³/mol. The van der Waals surface area contributed by atoms with Crippen molar-refractivity contribution in [3.05, 3.63) is 59.2 Å². The SMILES string of the molecule is CC[C@@H](Oc1ccc(C)cc1)C(=O)NCCOc1ccc(C)c(C)c1. The van der Waals surface area contributed by atoms with Crippen LogP contribution in [0.3, 0.4) is 0 Å². The van der Waals surface area contributed by atoms with E-state index in [2.05, 4.69) is 19.2 Å². The molecular formula is C21H27NO3. The first-order valence-electron chi connectivity index (χ1n) is 8.70. The summed E-state index contributed by atoms with van der Waals surface area (Å²) >= 11 is 0. The van der Waals surface area contributed by atoms with Crippen molar-refractivity contribution in [2.24, 2.45) is 0 Å². The van der Waals surface area contributed by atoms with E-state index in [1.807, 2.05) is 56.3 Å². The molecule has 0 bridgehead atoms. The Kier molecular flexibility index (Phi) is 6.87. The molecule has 0 saturated heterocycles. The molecule has 1 amide bonds. The second kappa shape index (κ2) is 9.11. The van der Waals surface area contributed by atoms with Gasteiger partial charge in [0.15, 0.2) is 6.10 Å². The monoisotopic (exact) mass is 341 g/mol. The quantitative estimate of drug-likeness (QED) is 0.739. The summed E-state index contributed by atoms with van der Waals surface area (Å²) < 4.78 is 11.5. The lowest BCUT2D eigenvalue weighted by Gasteiger charge is -2.17. The van der Waals surface area contributed by atoms with Crippen molar-refractivity contribution in [3.8, 4) is 11.5 Å². The molecule has 25 heavy (non-hydrogen) atoms. The summed E-state index contributed by atoms with van der Waals surface area (Å²) in [5, 5.41) is 2.87. The zero-order valence-corrected chi connectivity index (χ0v) is 15.5. The Bertz CT molecular complexity index is 695. The van der Waals surface area contributed by atoms with Crippen LogP contribution in [0.5, 0.6) is 11.5 Å². The number of carbonyl (C=O) groups excluding carboxylic acids is 1. The summed E-state index contributed by atoms with van der Waals surface area (Å²) in [5.74, 6) is 1.41. The maximum absolute atomic E-state index is 12.3. The molecule has 1 N–H and O–H groups in total. The number of nitrogens with one attached hydrogen (secondary N) is 1. The number of rotatable bonds is 8. The highest BCUT2D eigenvalue weighted by atomic mass is 16.5. The molecular weight excluding hydrogens is 314 g/mol. The van der Waals surface area contributed by atoms with Gasteiger partial charge in [0.2, 0.25) is 0 Å². The number of benzene rings is 2. The van der Waals surface area contributed by atoms with Gasteiger partial charge in [0, 0.05) is 0 Å². The van der Waals surface area contributed by atoms with Crippen molar-refractivity contribution in [3.63, 3.8) is 0 Å². The van der Waals surface area contributed by atoms with Crippen molar-refractivity contribution in [2.45, 2.75) is 40.2 Å². The van der Waals surface area contributed by atoms with E-state index in [1.54, 1.807) is 0 Å². The van der Waals surface area contributed by atoms with Gasteiger partial charge in [-0.25, -0.2) is 0 Å². The highest BCUT2D eigenvalue weighted by molar-refractivity contribution is 5.81. The Labute approximate surface area is 150 Å². The Morgan fingerprint density at radius 1 is 1.00 bits per heavy atom. The summed E-state index contributed by atoms with van der Waals surface area (Å²) in [4.78, 5) is 12.3. The summed E-state index contributed by atoms with van der Waals surface area (Å²) in [5.41, 5.74) is 3.59. The third-order valence-corrected chi connectivity index (χ3v) is 4.11. The van der Waals surface area contributed by atoms with Gasteiger partial charge >= 0.3 is 0 Å². The van der Waals surface area contributed by atoms with E-state index in [4.69, 9.17) is 9.47 Å². The van der Waals surface area contributed by atoms with Gasteiger partial charge in [-0.15, -0.1) is 0 Å². The molecule has 0 saturated carbocycles. The zero-order chi connectivity index (χ0) is 18.2. The van der Waals surface area contributed by atoms with Crippen molar-refractivity contribution in [1.82, 2.24) is 5.32 Å². The molecule has 0 aliphatic heterocycles. The van der Waals surface area contributed by atoms with Crippen LogP contribution in [-0.2, 0) is 4.79 Å². The third-order valence-electron chi connectivity index (χ3n) is 4.11. The lowest BCUT2D eigenvalue weighted by molar-refractivity contribution is -0.128. The number of ether oxygens (including phenoxy) is 2. The molecule has 2 aromatic rings. The van der Waals surface area contributed by atoms with E-state index < -0.39 is 6.10 Å². The minimum absolute atomic E-state index is 0.119. The molecule has 0 heterocycles. The average molecular weight is 341 g/mol. The van der Waals surface area contributed by atoms with Gasteiger partial charge in [-0.2, -0.15) is 0 Å². The van der Waals surface area contributed by atoms with Gasteiger partial charge in [-0.1, -0.05) is 30.7 Å². The van der Waals surface area contributed by atoms with Crippen LogP contribution < -0.4 is 14.8 Å². The first-order valence-corrected chi connectivity index (χ1v) is 8.70. The average Bonchev–Trinajstić information content (AvgIpc) is 2.61. The standard InChI is InChI=1S/C21H27NO3/c1-5-20(25-18-9-6-15(2)7-10-18)21(23)22-12-13-24-19-11-8-16(3)17(4)14-19/h6-11,14,20H,5,12-13H2,1-4H3,(H,22,23)/t20-/m1/s1. The topological polar surface area (TPSA) is 47.6 Å². The lowest BCUT2D eigenvalue weighted by atomic mass is 10.1. The molecule has 2 aromatic carbocycles. The van der Waals surface area contributed by atoms with Gasteiger partial charge in [-0.05, 0) is 62.6 Å². The molecule has 0 fully saturated rings. The van der Waals surface area contributed by atoms with E-state index in [-0.39, 0.29) is 5.91 Å². The fourth-order valence-corrected chi connectivity index (χ4v) is 2.36. The highest BCUT2D eigenvalue weighted by Gasteiger charge is 2.17. The zero-order valence-electron chi connectivity index (χ0n) is 15.5. The van der Waals surface area contributed by atoms with Crippen LogP contribution in [0.1, 0.15) is 30.0 Å². The predicted octanol–water partition coefficient (Wildman–Crippen LogP) is 3.96. The number of amides is 1. The number of carbonyl (C=O) groups is 1. The van der Waals surface area contributed by atoms with Gasteiger partial charge in [0.25, 0.3) is 5.91 Å². The minimum atomic E-state index is -0.496. The highest BCUT2D eigenvalue weighted by Crippen LogP contribution is 2.16. The van der Waals surface area contributed by atoms with E-state index in [0.29, 0.717) is 25.3 Å². The van der Waals surface area contributed by atoms with Crippen LogP contribution in [-0.4, -0.2) is 25.2 Å². The van der Waals surface area contributed by atoms with Crippen LogP contribution in [0, 0.1) is 20.8 Å². The Morgan fingerprint density at radius 2 is 1.68 bits per heavy atom. The van der Waals surface area contributed by atoms with Crippen LogP contribution >= 0.6 is 0 Å². The normalized spacial score (nSPS) is 11.7. The van der Waals surface area contributed by atoms with Crippen molar-refractivity contribution in [2.75, 3.05) is 13.2 Å². The molecule has 134 valence electrons. The molecule has 0 spiro atoms. The van der Waals surface area contributed by atoms with Crippen molar-refractivity contribution < 1.29 is 14.3 Å². The van der Waals surface area contributed by atoms with E-state index in [0.717, 1.165) is 11.3 Å². The second-order valence-electron chi connectivity index (χ2n) is 6.21. The first kappa shape index (κ1) is 18.8. The molecule has 4 nitrogen and oxygen atoms in total. The van der Waals surface area contributed by atoms with Crippen LogP contribution in [0.2, 0.25) is 0 Å². The molecule has 2 rings (SSSR count). The largest absolute Gasteiger partial charge is 0.492 e. The van der Waals surface area contributed by atoms with Gasteiger partial charge in [0.1, 0.15) is 18.1 Å². The summed E-state index contributed by atoms with van der Waals surface area (Å²) in [6, 6.07) is 13.7. The Morgan fingerprint density at radius 3 is 2.32 bits per heavy atom. The maximum atomic E-state index is 12.3. The van der Waals surface area contributed by atoms with Crippen molar-refractivity contribution >= 4 is 5.91 Å². The van der Waals surface area contributed by atoms with Gasteiger partial charge < -0.3 is 14.8 Å². The fraction of sp³-hybridized carbons (Fsp3) is 0.381. The lowest BCUT2D eigenvalue weighted by Crippen LogP contribution is -2.39. The Balaban J connectivity index is 1.77. The van der Waals surface area contributed by atoms with Crippen LogP contribution in [0.15, 0.2) is 42.5 Å².